The molecular weight excluding hydrogens is 138 g/mol. The van der Waals surface area contributed by atoms with Crippen molar-refractivity contribution < 1.29 is 0 Å². The summed E-state index contributed by atoms with van der Waals surface area (Å²) in [7, 11) is 0. The normalized spacial score (nSPS) is 12.5. The number of nitrogens with one attached hydrogen (secondary N) is 1. The topological polar surface area (TPSA) is 65.6 Å². The first-order chi connectivity index (χ1) is 5.27. The third-order valence-electron chi connectivity index (χ3n) is 1.69. The second-order valence-corrected chi connectivity index (χ2v) is 2.47. The third-order valence-corrected chi connectivity index (χ3v) is 1.69. The van der Waals surface area contributed by atoms with Crippen LogP contribution in [0.2, 0.25) is 0 Å². The van der Waals surface area contributed by atoms with E-state index in [4.69, 9.17) is 11.0 Å². The second kappa shape index (κ2) is 3.22. The summed E-state index contributed by atoms with van der Waals surface area (Å²) in [4.78, 5) is 2.83. The molecule has 1 aromatic rings. The van der Waals surface area contributed by atoms with Crippen molar-refractivity contribution in [1.82, 2.24) is 4.98 Å². The molecule has 11 heavy (non-hydrogen) atoms. The first-order valence-electron chi connectivity index (χ1n) is 3.62. The SMILES string of the molecule is CC[C@@H](N)c1c[nH]c(C#N)c1. The van der Waals surface area contributed by atoms with E-state index in [0.29, 0.717) is 5.69 Å². The lowest BCUT2D eigenvalue weighted by molar-refractivity contribution is 0.700. The first-order valence-corrected chi connectivity index (χ1v) is 3.62. The standard InChI is InChI=1S/C8H11N3/c1-2-8(10)6-3-7(4-9)11-5-6/h3,5,8,11H,2,10H2,1H3/t8-/m1/s1. The van der Waals surface area contributed by atoms with Crippen molar-refractivity contribution in [1.29, 1.82) is 5.26 Å². The molecule has 3 N–H and O–H groups in total. The number of hydrogen-bond donors (Lipinski definition) is 2. The summed E-state index contributed by atoms with van der Waals surface area (Å²) in [6.07, 6.45) is 2.68. The highest BCUT2D eigenvalue weighted by Crippen LogP contribution is 2.13. The van der Waals surface area contributed by atoms with Crippen molar-refractivity contribution in [3.8, 4) is 6.07 Å². The molecule has 1 heterocycles. The van der Waals surface area contributed by atoms with E-state index in [1.54, 1.807) is 12.3 Å². The molecule has 3 heteroatoms. The van der Waals surface area contributed by atoms with E-state index in [1.807, 2.05) is 13.0 Å². The summed E-state index contributed by atoms with van der Waals surface area (Å²) in [5.41, 5.74) is 7.31. The van der Waals surface area contributed by atoms with Crippen LogP contribution in [0.5, 0.6) is 0 Å². The number of rotatable bonds is 2. The van der Waals surface area contributed by atoms with E-state index in [0.717, 1.165) is 12.0 Å². The van der Waals surface area contributed by atoms with Gasteiger partial charge in [-0.05, 0) is 18.1 Å². The van der Waals surface area contributed by atoms with Crippen molar-refractivity contribution in [3.05, 3.63) is 23.5 Å². The molecule has 0 fully saturated rings. The molecule has 0 unspecified atom stereocenters. The van der Waals surface area contributed by atoms with E-state index < -0.39 is 0 Å². The summed E-state index contributed by atoms with van der Waals surface area (Å²) in [5, 5.41) is 8.48. The van der Waals surface area contributed by atoms with Crippen LogP contribution >= 0.6 is 0 Å². The van der Waals surface area contributed by atoms with Crippen LogP contribution in [0.4, 0.5) is 0 Å². The molecule has 0 aromatic carbocycles. The largest absolute Gasteiger partial charge is 0.353 e. The summed E-state index contributed by atoms with van der Waals surface area (Å²) in [6, 6.07) is 3.85. The Morgan fingerprint density at radius 3 is 3.00 bits per heavy atom. The summed E-state index contributed by atoms with van der Waals surface area (Å²) in [6.45, 7) is 2.02. The minimum absolute atomic E-state index is 0.0494. The van der Waals surface area contributed by atoms with Gasteiger partial charge < -0.3 is 10.7 Å². The fraction of sp³-hybridized carbons (Fsp3) is 0.375. The molecule has 1 aromatic heterocycles. The molecule has 58 valence electrons. The molecule has 0 bridgehead atoms. The molecule has 0 aliphatic heterocycles. The van der Waals surface area contributed by atoms with Crippen molar-refractivity contribution in [2.24, 2.45) is 5.73 Å². The first kappa shape index (κ1) is 7.83. The zero-order valence-corrected chi connectivity index (χ0v) is 6.46. The van der Waals surface area contributed by atoms with E-state index in [-0.39, 0.29) is 6.04 Å². The van der Waals surface area contributed by atoms with E-state index >= 15 is 0 Å². The number of aromatic amines is 1. The highest BCUT2D eigenvalue weighted by molar-refractivity contribution is 5.28. The van der Waals surface area contributed by atoms with Crippen LogP contribution in [0.3, 0.4) is 0 Å². The molecular formula is C8H11N3. The zero-order chi connectivity index (χ0) is 8.27. The quantitative estimate of drug-likeness (QED) is 0.665. The molecule has 3 nitrogen and oxygen atoms in total. The van der Waals surface area contributed by atoms with E-state index in [1.165, 1.54) is 0 Å². The maximum absolute atomic E-state index is 8.48. The van der Waals surface area contributed by atoms with Crippen LogP contribution in [0.25, 0.3) is 0 Å². The lowest BCUT2D eigenvalue weighted by Gasteiger charge is -2.03. The highest BCUT2D eigenvalue weighted by Gasteiger charge is 2.04. The van der Waals surface area contributed by atoms with Gasteiger partial charge in [0.15, 0.2) is 0 Å². The second-order valence-electron chi connectivity index (χ2n) is 2.47. The highest BCUT2D eigenvalue weighted by atomic mass is 14.7. The average molecular weight is 149 g/mol. The van der Waals surface area contributed by atoms with Gasteiger partial charge in [-0.25, -0.2) is 0 Å². The Balaban J connectivity index is 2.82. The zero-order valence-electron chi connectivity index (χ0n) is 6.46. The Morgan fingerprint density at radius 1 is 1.82 bits per heavy atom. The van der Waals surface area contributed by atoms with Gasteiger partial charge in [-0.2, -0.15) is 5.26 Å². The summed E-state index contributed by atoms with van der Waals surface area (Å²) >= 11 is 0. The maximum Gasteiger partial charge on any atom is 0.117 e. The predicted octanol–water partition coefficient (Wildman–Crippen LogP) is 1.30. The molecule has 0 aliphatic carbocycles. The Labute approximate surface area is 65.8 Å². The van der Waals surface area contributed by atoms with Crippen LogP contribution < -0.4 is 5.73 Å². The molecule has 0 amide bonds. The molecule has 1 atom stereocenters. The van der Waals surface area contributed by atoms with Gasteiger partial charge in [0.1, 0.15) is 11.8 Å². The Morgan fingerprint density at radius 2 is 2.55 bits per heavy atom. The van der Waals surface area contributed by atoms with Crippen LogP contribution in [-0.4, -0.2) is 4.98 Å². The van der Waals surface area contributed by atoms with E-state index in [9.17, 15) is 0 Å². The fourth-order valence-corrected chi connectivity index (χ4v) is 0.925. The monoisotopic (exact) mass is 149 g/mol. The van der Waals surface area contributed by atoms with Gasteiger partial charge in [-0.1, -0.05) is 6.92 Å². The van der Waals surface area contributed by atoms with Gasteiger partial charge in [0.2, 0.25) is 0 Å². The van der Waals surface area contributed by atoms with Crippen LogP contribution in [0.15, 0.2) is 12.3 Å². The van der Waals surface area contributed by atoms with Crippen LogP contribution in [0, 0.1) is 11.3 Å². The van der Waals surface area contributed by atoms with Gasteiger partial charge in [0.25, 0.3) is 0 Å². The molecule has 0 radical (unpaired) electrons. The van der Waals surface area contributed by atoms with Gasteiger partial charge in [-0.3, -0.25) is 0 Å². The Bertz CT molecular complexity index is 269. The molecule has 0 aliphatic rings. The lowest BCUT2D eigenvalue weighted by Crippen LogP contribution is -2.06. The summed E-state index contributed by atoms with van der Waals surface area (Å²) in [5.74, 6) is 0. The Kier molecular flexibility index (Phi) is 2.29. The van der Waals surface area contributed by atoms with Gasteiger partial charge in [-0.15, -0.1) is 0 Å². The minimum atomic E-state index is 0.0494. The third kappa shape index (κ3) is 1.60. The van der Waals surface area contributed by atoms with Gasteiger partial charge >= 0.3 is 0 Å². The predicted molar refractivity (Wildman–Crippen MR) is 42.7 cm³/mol. The number of nitriles is 1. The van der Waals surface area contributed by atoms with E-state index in [2.05, 4.69) is 4.98 Å². The van der Waals surface area contributed by atoms with Crippen molar-refractivity contribution >= 4 is 0 Å². The fourth-order valence-electron chi connectivity index (χ4n) is 0.925. The maximum atomic E-state index is 8.48. The van der Waals surface area contributed by atoms with Crippen molar-refractivity contribution in [2.75, 3.05) is 0 Å². The smallest absolute Gasteiger partial charge is 0.117 e. The van der Waals surface area contributed by atoms with Crippen LogP contribution in [-0.2, 0) is 0 Å². The van der Waals surface area contributed by atoms with Crippen LogP contribution in [0.1, 0.15) is 30.6 Å². The van der Waals surface area contributed by atoms with Crippen molar-refractivity contribution in [2.45, 2.75) is 19.4 Å². The Hall–Kier alpha value is -1.27. The lowest BCUT2D eigenvalue weighted by atomic mass is 10.1. The molecule has 0 spiro atoms. The average Bonchev–Trinajstić information content (AvgIpc) is 2.50. The number of H-pyrrole nitrogens is 1. The number of aromatic nitrogens is 1. The van der Waals surface area contributed by atoms with Gasteiger partial charge in [0, 0.05) is 12.2 Å². The minimum Gasteiger partial charge on any atom is -0.353 e. The van der Waals surface area contributed by atoms with Crippen molar-refractivity contribution in [3.63, 3.8) is 0 Å². The number of hydrogen-bond acceptors (Lipinski definition) is 2. The number of nitrogens with zero attached hydrogens (tertiary/aromatic N) is 1. The molecule has 0 saturated carbocycles. The number of nitrogens with two attached hydrogens (primary N) is 1. The molecule has 0 saturated heterocycles. The van der Waals surface area contributed by atoms with Gasteiger partial charge in [0.05, 0.1) is 0 Å². The summed E-state index contributed by atoms with van der Waals surface area (Å²) < 4.78 is 0. The molecule has 1 rings (SSSR count).